The standard InChI is InChI=1S/C17H28Si/c1-5-8-14-18(4,15-9-6-2)17-13-11-10-12-16(17)7-3/h7,10-13H,3,5-6,8-9,14-15H2,1-2,4H3. The van der Waals surface area contributed by atoms with Gasteiger partial charge in [-0.05, 0) is 5.56 Å². The lowest BCUT2D eigenvalue weighted by atomic mass is 10.2. The zero-order valence-corrected chi connectivity index (χ0v) is 13.3. The highest BCUT2D eigenvalue weighted by Gasteiger charge is 2.29. The molecular formula is C17H28Si. The lowest BCUT2D eigenvalue weighted by Gasteiger charge is -2.29. The summed E-state index contributed by atoms with van der Waals surface area (Å²) in [4.78, 5) is 0. The van der Waals surface area contributed by atoms with Crippen molar-refractivity contribution in [3.05, 3.63) is 36.4 Å². The molecule has 0 fully saturated rings. The largest absolute Gasteiger partial charge is 0.0985 e. The number of hydrogen-bond acceptors (Lipinski definition) is 0. The van der Waals surface area contributed by atoms with E-state index in [0.29, 0.717) is 0 Å². The second-order valence-corrected chi connectivity index (χ2v) is 10.2. The summed E-state index contributed by atoms with van der Waals surface area (Å²) in [5.41, 5.74) is 1.37. The number of rotatable bonds is 8. The van der Waals surface area contributed by atoms with Gasteiger partial charge in [0.25, 0.3) is 0 Å². The zero-order chi connectivity index (χ0) is 13.4. The predicted molar refractivity (Wildman–Crippen MR) is 87.2 cm³/mol. The van der Waals surface area contributed by atoms with Crippen molar-refractivity contribution in [3.8, 4) is 0 Å². The van der Waals surface area contributed by atoms with E-state index >= 15 is 0 Å². The Kier molecular flexibility index (Phi) is 6.41. The fraction of sp³-hybridized carbons (Fsp3) is 0.529. The number of benzene rings is 1. The second kappa shape index (κ2) is 7.58. The van der Waals surface area contributed by atoms with Gasteiger partial charge in [-0.15, -0.1) is 0 Å². The number of unbranched alkanes of at least 4 members (excludes halogenated alkanes) is 2. The lowest BCUT2D eigenvalue weighted by Crippen LogP contribution is -2.45. The summed E-state index contributed by atoms with van der Waals surface area (Å²) < 4.78 is 0. The molecule has 0 bridgehead atoms. The Hall–Kier alpha value is -0.823. The molecule has 18 heavy (non-hydrogen) atoms. The van der Waals surface area contributed by atoms with E-state index in [1.165, 1.54) is 43.3 Å². The van der Waals surface area contributed by atoms with Crippen LogP contribution in [-0.2, 0) is 0 Å². The molecule has 0 aliphatic heterocycles. The van der Waals surface area contributed by atoms with E-state index < -0.39 is 8.07 Å². The van der Waals surface area contributed by atoms with Crippen LogP contribution in [0.2, 0.25) is 18.6 Å². The van der Waals surface area contributed by atoms with E-state index in [1.807, 2.05) is 6.08 Å². The summed E-state index contributed by atoms with van der Waals surface area (Å²) in [6.45, 7) is 11.2. The van der Waals surface area contributed by atoms with Crippen molar-refractivity contribution in [1.82, 2.24) is 0 Å². The van der Waals surface area contributed by atoms with Gasteiger partial charge in [0.15, 0.2) is 0 Å². The van der Waals surface area contributed by atoms with Crippen molar-refractivity contribution in [3.63, 3.8) is 0 Å². The van der Waals surface area contributed by atoms with Gasteiger partial charge in [-0.3, -0.25) is 0 Å². The van der Waals surface area contributed by atoms with Crippen LogP contribution in [0, 0.1) is 0 Å². The average Bonchev–Trinajstić information content (AvgIpc) is 2.43. The fourth-order valence-electron chi connectivity index (χ4n) is 2.75. The first-order valence-electron chi connectivity index (χ1n) is 7.40. The Labute approximate surface area is 114 Å². The van der Waals surface area contributed by atoms with Gasteiger partial charge in [0.05, 0.1) is 8.07 Å². The molecule has 1 rings (SSSR count). The van der Waals surface area contributed by atoms with Crippen LogP contribution in [0.25, 0.3) is 6.08 Å². The molecule has 0 amide bonds. The third-order valence-corrected chi connectivity index (χ3v) is 8.67. The third kappa shape index (κ3) is 3.84. The van der Waals surface area contributed by atoms with Gasteiger partial charge >= 0.3 is 0 Å². The Bertz CT molecular complexity index is 360. The van der Waals surface area contributed by atoms with Crippen molar-refractivity contribution in [2.45, 2.75) is 58.2 Å². The highest BCUT2D eigenvalue weighted by Crippen LogP contribution is 2.23. The van der Waals surface area contributed by atoms with Crippen LogP contribution in [-0.4, -0.2) is 8.07 Å². The normalized spacial score (nSPS) is 11.5. The minimum absolute atomic E-state index is 1.30. The third-order valence-electron chi connectivity index (χ3n) is 4.00. The molecule has 1 aromatic carbocycles. The second-order valence-electron chi connectivity index (χ2n) is 5.56. The molecule has 0 spiro atoms. The van der Waals surface area contributed by atoms with E-state index in [-0.39, 0.29) is 0 Å². The molecule has 1 heteroatoms. The van der Waals surface area contributed by atoms with Crippen molar-refractivity contribution < 1.29 is 0 Å². The Balaban J connectivity index is 3.03. The SMILES string of the molecule is C=Cc1ccccc1[Si](C)(CCCC)CCCC. The van der Waals surface area contributed by atoms with Gasteiger partial charge in [0.2, 0.25) is 0 Å². The van der Waals surface area contributed by atoms with E-state index in [2.05, 4.69) is 51.2 Å². The van der Waals surface area contributed by atoms with Gasteiger partial charge in [-0.2, -0.15) is 0 Å². The highest BCUT2D eigenvalue weighted by molar-refractivity contribution is 6.91. The summed E-state index contributed by atoms with van der Waals surface area (Å²) in [7, 11) is -1.30. The van der Waals surface area contributed by atoms with Crippen LogP contribution in [0.5, 0.6) is 0 Å². The Morgan fingerprint density at radius 1 is 1.06 bits per heavy atom. The smallest absolute Gasteiger partial charge is 0.0844 e. The summed E-state index contributed by atoms with van der Waals surface area (Å²) >= 11 is 0. The van der Waals surface area contributed by atoms with E-state index in [4.69, 9.17) is 0 Å². The summed E-state index contributed by atoms with van der Waals surface area (Å²) in [5, 5.41) is 1.63. The maximum Gasteiger partial charge on any atom is 0.0844 e. The molecule has 0 saturated heterocycles. The molecule has 0 atom stereocenters. The fourth-order valence-corrected chi connectivity index (χ4v) is 7.19. The van der Waals surface area contributed by atoms with Crippen molar-refractivity contribution in [1.29, 1.82) is 0 Å². The van der Waals surface area contributed by atoms with Gasteiger partial charge in [-0.1, -0.05) is 100 Å². The molecule has 0 unspecified atom stereocenters. The maximum absolute atomic E-state index is 3.99. The average molecular weight is 260 g/mol. The van der Waals surface area contributed by atoms with Crippen LogP contribution in [0.4, 0.5) is 0 Å². The molecule has 0 saturated carbocycles. The van der Waals surface area contributed by atoms with Gasteiger partial charge in [0, 0.05) is 0 Å². The molecule has 0 aliphatic rings. The molecular weight excluding hydrogens is 232 g/mol. The van der Waals surface area contributed by atoms with Crippen LogP contribution in [0.15, 0.2) is 30.8 Å². The maximum atomic E-state index is 3.99. The Morgan fingerprint density at radius 2 is 1.61 bits per heavy atom. The van der Waals surface area contributed by atoms with Gasteiger partial charge in [-0.25, -0.2) is 0 Å². The Morgan fingerprint density at radius 3 is 2.11 bits per heavy atom. The molecule has 0 radical (unpaired) electrons. The molecule has 100 valence electrons. The zero-order valence-electron chi connectivity index (χ0n) is 12.3. The van der Waals surface area contributed by atoms with Crippen LogP contribution in [0.1, 0.15) is 45.1 Å². The molecule has 0 heterocycles. The quantitative estimate of drug-likeness (QED) is 0.562. The number of hydrogen-bond donors (Lipinski definition) is 0. The molecule has 0 nitrogen and oxygen atoms in total. The van der Waals surface area contributed by atoms with Crippen LogP contribution < -0.4 is 5.19 Å². The first-order valence-corrected chi connectivity index (χ1v) is 10.3. The minimum Gasteiger partial charge on any atom is -0.0985 e. The van der Waals surface area contributed by atoms with E-state index in [1.54, 1.807) is 5.19 Å². The van der Waals surface area contributed by atoms with Crippen molar-refractivity contribution in [2.75, 3.05) is 0 Å². The van der Waals surface area contributed by atoms with E-state index in [9.17, 15) is 0 Å². The van der Waals surface area contributed by atoms with Crippen molar-refractivity contribution >= 4 is 19.3 Å². The summed E-state index contributed by atoms with van der Waals surface area (Å²) in [5.74, 6) is 0. The molecule has 1 aromatic rings. The topological polar surface area (TPSA) is 0 Å². The van der Waals surface area contributed by atoms with Gasteiger partial charge < -0.3 is 0 Å². The lowest BCUT2D eigenvalue weighted by molar-refractivity contribution is 0.834. The first-order chi connectivity index (χ1) is 8.68. The molecule has 0 aromatic heterocycles. The van der Waals surface area contributed by atoms with E-state index in [0.717, 1.165) is 0 Å². The van der Waals surface area contributed by atoms with Crippen LogP contribution >= 0.6 is 0 Å². The summed E-state index contributed by atoms with van der Waals surface area (Å²) in [6, 6.07) is 11.8. The predicted octanol–water partition coefficient (Wildman–Crippen LogP) is 5.22. The van der Waals surface area contributed by atoms with Gasteiger partial charge in [0.1, 0.15) is 0 Å². The minimum atomic E-state index is -1.30. The molecule has 0 N–H and O–H groups in total. The first kappa shape index (κ1) is 15.2. The monoisotopic (exact) mass is 260 g/mol. The molecule has 0 aliphatic carbocycles. The van der Waals surface area contributed by atoms with Crippen LogP contribution in [0.3, 0.4) is 0 Å². The highest BCUT2D eigenvalue weighted by atomic mass is 28.3. The summed E-state index contributed by atoms with van der Waals surface area (Å²) in [6.07, 6.45) is 7.41. The van der Waals surface area contributed by atoms with Crippen molar-refractivity contribution in [2.24, 2.45) is 0 Å².